The molecule has 0 aromatic heterocycles. The third kappa shape index (κ3) is 5.34. The largest absolute Gasteiger partial charge is 0.483 e. The number of para-hydroxylation sites is 1. The Labute approximate surface area is 167 Å². The van der Waals surface area contributed by atoms with Crippen LogP contribution in [-0.2, 0) is 4.79 Å². The van der Waals surface area contributed by atoms with Crippen LogP contribution in [-0.4, -0.2) is 12.5 Å². The number of benzene rings is 3. The minimum atomic E-state index is -0.214. The van der Waals surface area contributed by atoms with Gasteiger partial charge in [0.1, 0.15) is 17.2 Å². The number of hydrogen-bond acceptors (Lipinski definition) is 3. The Kier molecular flexibility index (Phi) is 6.14. The first kappa shape index (κ1) is 19.0. The van der Waals surface area contributed by atoms with Crippen molar-refractivity contribution in [3.63, 3.8) is 0 Å². The standard InChI is InChI=1S/C22H20BrNO3/c1-15-12-17(23)13-16(2)22(15)26-14-21(25)24-18-8-10-20(11-9-18)27-19-6-4-3-5-7-19/h3-13H,14H2,1-2H3,(H,24,25). The van der Waals surface area contributed by atoms with Crippen LogP contribution in [0, 0.1) is 13.8 Å². The van der Waals surface area contributed by atoms with Gasteiger partial charge in [-0.25, -0.2) is 0 Å². The van der Waals surface area contributed by atoms with E-state index in [1.165, 1.54) is 0 Å². The molecule has 0 spiro atoms. The average molecular weight is 426 g/mol. The molecule has 3 rings (SSSR count). The Morgan fingerprint density at radius 2 is 1.52 bits per heavy atom. The molecule has 0 heterocycles. The molecule has 5 heteroatoms. The maximum absolute atomic E-state index is 12.2. The van der Waals surface area contributed by atoms with E-state index in [1.807, 2.05) is 68.4 Å². The third-order valence-electron chi connectivity index (χ3n) is 3.89. The lowest BCUT2D eigenvalue weighted by atomic mass is 10.1. The molecule has 0 fully saturated rings. The molecule has 138 valence electrons. The Morgan fingerprint density at radius 1 is 0.926 bits per heavy atom. The summed E-state index contributed by atoms with van der Waals surface area (Å²) >= 11 is 3.45. The van der Waals surface area contributed by atoms with E-state index in [0.29, 0.717) is 11.4 Å². The van der Waals surface area contributed by atoms with Crippen LogP contribution < -0.4 is 14.8 Å². The Hall–Kier alpha value is -2.79. The number of halogens is 1. The van der Waals surface area contributed by atoms with Gasteiger partial charge in [0, 0.05) is 10.2 Å². The van der Waals surface area contributed by atoms with Crippen LogP contribution in [0.1, 0.15) is 11.1 Å². The van der Waals surface area contributed by atoms with Gasteiger partial charge in [-0.05, 0) is 73.5 Å². The summed E-state index contributed by atoms with van der Waals surface area (Å²) in [5.41, 5.74) is 2.66. The minimum absolute atomic E-state index is 0.0500. The van der Waals surface area contributed by atoms with Crippen LogP contribution >= 0.6 is 15.9 Å². The first-order chi connectivity index (χ1) is 13.0. The molecule has 0 bridgehead atoms. The Balaban J connectivity index is 1.55. The third-order valence-corrected chi connectivity index (χ3v) is 4.35. The molecule has 0 saturated carbocycles. The van der Waals surface area contributed by atoms with E-state index in [4.69, 9.17) is 9.47 Å². The van der Waals surface area contributed by atoms with Crippen molar-refractivity contribution in [1.82, 2.24) is 0 Å². The fourth-order valence-electron chi connectivity index (χ4n) is 2.69. The second-order valence-corrected chi connectivity index (χ2v) is 7.06. The molecule has 0 unspecified atom stereocenters. The summed E-state index contributed by atoms with van der Waals surface area (Å²) in [7, 11) is 0. The molecule has 0 saturated heterocycles. The number of rotatable bonds is 6. The molecule has 0 atom stereocenters. The van der Waals surface area contributed by atoms with Gasteiger partial charge in [0.05, 0.1) is 0 Å². The SMILES string of the molecule is Cc1cc(Br)cc(C)c1OCC(=O)Nc1ccc(Oc2ccccc2)cc1. The van der Waals surface area contributed by atoms with Crippen molar-refractivity contribution >= 4 is 27.5 Å². The Morgan fingerprint density at radius 3 is 2.15 bits per heavy atom. The average Bonchev–Trinajstić information content (AvgIpc) is 2.63. The molecular formula is C22H20BrNO3. The molecular weight excluding hydrogens is 406 g/mol. The maximum atomic E-state index is 12.2. The highest BCUT2D eigenvalue weighted by Crippen LogP contribution is 2.27. The summed E-state index contributed by atoms with van der Waals surface area (Å²) in [4.78, 5) is 12.2. The molecule has 1 N–H and O–H groups in total. The number of anilines is 1. The van der Waals surface area contributed by atoms with E-state index in [9.17, 15) is 4.79 Å². The Bertz CT molecular complexity index is 901. The van der Waals surface area contributed by atoms with Gasteiger partial charge in [0.15, 0.2) is 6.61 Å². The van der Waals surface area contributed by atoms with Gasteiger partial charge in [-0.15, -0.1) is 0 Å². The van der Waals surface area contributed by atoms with Gasteiger partial charge in [-0.3, -0.25) is 4.79 Å². The molecule has 3 aromatic carbocycles. The van der Waals surface area contributed by atoms with E-state index >= 15 is 0 Å². The zero-order valence-corrected chi connectivity index (χ0v) is 16.7. The van der Waals surface area contributed by atoms with E-state index in [2.05, 4.69) is 21.2 Å². The molecule has 0 aliphatic carbocycles. The van der Waals surface area contributed by atoms with Crippen molar-refractivity contribution in [1.29, 1.82) is 0 Å². The smallest absolute Gasteiger partial charge is 0.262 e. The molecule has 0 radical (unpaired) electrons. The van der Waals surface area contributed by atoms with Crippen LogP contribution in [0.2, 0.25) is 0 Å². The highest BCUT2D eigenvalue weighted by atomic mass is 79.9. The van der Waals surface area contributed by atoms with Gasteiger partial charge in [-0.1, -0.05) is 34.1 Å². The quantitative estimate of drug-likeness (QED) is 0.536. The van der Waals surface area contributed by atoms with Crippen molar-refractivity contribution in [2.24, 2.45) is 0 Å². The van der Waals surface area contributed by atoms with Crippen LogP contribution in [0.4, 0.5) is 5.69 Å². The number of hydrogen-bond donors (Lipinski definition) is 1. The van der Waals surface area contributed by atoms with E-state index in [0.717, 1.165) is 27.1 Å². The predicted octanol–water partition coefficient (Wildman–Crippen LogP) is 5.88. The fourth-order valence-corrected chi connectivity index (χ4v) is 3.38. The van der Waals surface area contributed by atoms with Gasteiger partial charge < -0.3 is 14.8 Å². The lowest BCUT2D eigenvalue weighted by Crippen LogP contribution is -2.20. The molecule has 27 heavy (non-hydrogen) atoms. The zero-order chi connectivity index (χ0) is 19.2. The zero-order valence-electron chi connectivity index (χ0n) is 15.2. The normalized spacial score (nSPS) is 10.3. The summed E-state index contributed by atoms with van der Waals surface area (Å²) in [5, 5.41) is 2.82. The van der Waals surface area contributed by atoms with Crippen molar-refractivity contribution in [2.75, 3.05) is 11.9 Å². The lowest BCUT2D eigenvalue weighted by molar-refractivity contribution is -0.118. The maximum Gasteiger partial charge on any atom is 0.262 e. The predicted molar refractivity (Wildman–Crippen MR) is 111 cm³/mol. The molecule has 0 aliphatic rings. The van der Waals surface area contributed by atoms with E-state index in [-0.39, 0.29) is 12.5 Å². The topological polar surface area (TPSA) is 47.6 Å². The highest BCUT2D eigenvalue weighted by Gasteiger charge is 2.09. The van der Waals surface area contributed by atoms with Crippen molar-refractivity contribution in [3.8, 4) is 17.2 Å². The molecule has 3 aromatic rings. The van der Waals surface area contributed by atoms with Gasteiger partial charge in [0.25, 0.3) is 5.91 Å². The van der Waals surface area contributed by atoms with Gasteiger partial charge >= 0.3 is 0 Å². The number of carbonyl (C=O) groups excluding carboxylic acids is 1. The van der Waals surface area contributed by atoms with Crippen molar-refractivity contribution < 1.29 is 14.3 Å². The van der Waals surface area contributed by atoms with Gasteiger partial charge in [-0.2, -0.15) is 0 Å². The van der Waals surface area contributed by atoms with Crippen molar-refractivity contribution in [3.05, 3.63) is 82.3 Å². The summed E-state index contributed by atoms with van der Waals surface area (Å²) in [6.07, 6.45) is 0. The summed E-state index contributed by atoms with van der Waals surface area (Å²) in [6, 6.07) is 20.7. The summed E-state index contributed by atoms with van der Waals surface area (Å²) < 4.78 is 12.4. The molecule has 4 nitrogen and oxygen atoms in total. The molecule has 0 aliphatic heterocycles. The van der Waals surface area contributed by atoms with Crippen LogP contribution in [0.15, 0.2) is 71.2 Å². The number of amides is 1. The number of aryl methyl sites for hydroxylation is 2. The van der Waals surface area contributed by atoms with Crippen LogP contribution in [0.3, 0.4) is 0 Å². The second-order valence-electron chi connectivity index (χ2n) is 6.15. The van der Waals surface area contributed by atoms with E-state index < -0.39 is 0 Å². The van der Waals surface area contributed by atoms with E-state index in [1.54, 1.807) is 12.1 Å². The highest BCUT2D eigenvalue weighted by molar-refractivity contribution is 9.10. The first-order valence-electron chi connectivity index (χ1n) is 8.53. The fraction of sp³-hybridized carbons (Fsp3) is 0.136. The van der Waals surface area contributed by atoms with Crippen LogP contribution in [0.5, 0.6) is 17.2 Å². The van der Waals surface area contributed by atoms with Gasteiger partial charge in [0.2, 0.25) is 0 Å². The summed E-state index contributed by atoms with van der Waals surface area (Å²) in [6.45, 7) is 3.86. The number of carbonyl (C=O) groups is 1. The summed E-state index contributed by atoms with van der Waals surface area (Å²) in [5.74, 6) is 1.99. The molecule has 1 amide bonds. The number of nitrogens with one attached hydrogen (secondary N) is 1. The van der Waals surface area contributed by atoms with Crippen molar-refractivity contribution in [2.45, 2.75) is 13.8 Å². The minimum Gasteiger partial charge on any atom is -0.483 e. The second kappa shape index (κ2) is 8.73. The lowest BCUT2D eigenvalue weighted by Gasteiger charge is -2.13. The monoisotopic (exact) mass is 425 g/mol. The number of ether oxygens (including phenoxy) is 2. The van der Waals surface area contributed by atoms with Crippen LogP contribution in [0.25, 0.3) is 0 Å². The first-order valence-corrected chi connectivity index (χ1v) is 9.33.